The van der Waals surface area contributed by atoms with Crippen LogP contribution in [-0.4, -0.2) is 12.5 Å². The highest BCUT2D eigenvalue weighted by Crippen LogP contribution is 2.44. The van der Waals surface area contributed by atoms with Gasteiger partial charge in [-0.15, -0.1) is 0 Å². The second-order valence-electron chi connectivity index (χ2n) is 7.36. The molecular formula is C19H20F6N4O. The summed E-state index contributed by atoms with van der Waals surface area (Å²) in [5.41, 5.74) is 5.16. The highest BCUT2D eigenvalue weighted by molar-refractivity contribution is 5.83. The molecule has 2 rings (SSSR count). The molecule has 11 heteroatoms. The number of halogens is 6. The van der Waals surface area contributed by atoms with E-state index in [9.17, 15) is 31.1 Å². The number of hydrogen-bond acceptors (Lipinski definition) is 2. The summed E-state index contributed by atoms with van der Waals surface area (Å²) in [6, 6.07) is 1.23. The summed E-state index contributed by atoms with van der Waals surface area (Å²) in [5.74, 6) is -0.465. The van der Waals surface area contributed by atoms with E-state index in [-0.39, 0.29) is 18.2 Å². The van der Waals surface area contributed by atoms with Crippen molar-refractivity contribution in [2.24, 2.45) is 10.5 Å². The number of azide groups is 1. The Morgan fingerprint density at radius 3 is 2.23 bits per heavy atom. The zero-order valence-electron chi connectivity index (χ0n) is 15.9. The van der Waals surface area contributed by atoms with Gasteiger partial charge in [-0.1, -0.05) is 17.3 Å². The highest BCUT2D eigenvalue weighted by atomic mass is 19.4. The minimum absolute atomic E-state index is 0.0451. The molecule has 1 aliphatic carbocycles. The molecule has 1 N–H and O–H groups in total. The number of alkyl halides is 6. The van der Waals surface area contributed by atoms with Crippen molar-refractivity contribution in [3.63, 3.8) is 0 Å². The maximum atomic E-state index is 13.0. The van der Waals surface area contributed by atoms with Crippen molar-refractivity contribution in [1.82, 2.24) is 5.32 Å². The van der Waals surface area contributed by atoms with E-state index in [0.29, 0.717) is 44.2 Å². The van der Waals surface area contributed by atoms with Crippen molar-refractivity contribution in [1.29, 1.82) is 0 Å². The molecule has 0 heterocycles. The average Bonchev–Trinajstić information content (AvgIpc) is 3.04. The average molecular weight is 434 g/mol. The predicted octanol–water partition coefficient (Wildman–Crippen LogP) is 6.16. The van der Waals surface area contributed by atoms with Gasteiger partial charge in [0.05, 0.1) is 16.5 Å². The molecule has 1 aromatic rings. The second-order valence-corrected chi connectivity index (χ2v) is 7.36. The zero-order chi connectivity index (χ0) is 22.6. The fraction of sp³-hybridized carbons (Fsp3) is 0.526. The van der Waals surface area contributed by atoms with Crippen LogP contribution in [0.3, 0.4) is 0 Å². The molecule has 0 radical (unpaired) electrons. The van der Waals surface area contributed by atoms with Gasteiger partial charge in [0.1, 0.15) is 0 Å². The lowest BCUT2D eigenvalue weighted by Gasteiger charge is -2.27. The summed E-state index contributed by atoms with van der Waals surface area (Å²) < 4.78 is 77.9. The van der Waals surface area contributed by atoms with E-state index in [1.807, 2.05) is 0 Å². The van der Waals surface area contributed by atoms with Crippen LogP contribution < -0.4 is 5.32 Å². The Bertz CT molecular complexity index is 825. The molecule has 1 atom stereocenters. The van der Waals surface area contributed by atoms with Crippen LogP contribution in [0.5, 0.6) is 0 Å². The van der Waals surface area contributed by atoms with Gasteiger partial charge in [0, 0.05) is 18.0 Å². The van der Waals surface area contributed by atoms with E-state index in [2.05, 4.69) is 21.9 Å². The van der Waals surface area contributed by atoms with E-state index in [0.717, 1.165) is 5.57 Å². The Labute approximate surface area is 168 Å². The number of benzene rings is 1. The van der Waals surface area contributed by atoms with Gasteiger partial charge in [-0.3, -0.25) is 4.79 Å². The number of nitrogens with one attached hydrogen (secondary N) is 1. The third-order valence-electron chi connectivity index (χ3n) is 5.10. The standard InChI is InChI=1S/C19H20F6N4O/c1-12-3-5-17(10-12,4-2-6-28-29-26)16(30)27-11-13-7-14(18(20,21)22)9-15(8-13)19(23,24)25/h7-9H,1-6,10-11H2,(H,27,30). The normalized spacial score (nSPS) is 19.5. The smallest absolute Gasteiger partial charge is 0.352 e. The number of rotatable bonds is 7. The maximum absolute atomic E-state index is 13.0. The SMILES string of the molecule is C=C1CCC(CCCN=[N+]=[N-])(C(=O)NCc2cc(C(F)(F)F)cc(C(F)(F)F)c2)C1. The first kappa shape index (κ1) is 23.6. The van der Waals surface area contributed by atoms with Gasteiger partial charge in [0.25, 0.3) is 0 Å². The summed E-state index contributed by atoms with van der Waals surface area (Å²) in [7, 11) is 0. The van der Waals surface area contributed by atoms with Gasteiger partial charge in [0.15, 0.2) is 0 Å². The van der Waals surface area contributed by atoms with Crippen LogP contribution in [0.2, 0.25) is 0 Å². The summed E-state index contributed by atoms with van der Waals surface area (Å²) in [6.45, 7) is 3.57. The van der Waals surface area contributed by atoms with Gasteiger partial charge < -0.3 is 5.32 Å². The Balaban J connectivity index is 2.20. The molecular weight excluding hydrogens is 414 g/mol. The minimum atomic E-state index is -4.95. The Morgan fingerprint density at radius 1 is 1.17 bits per heavy atom. The first-order chi connectivity index (χ1) is 13.9. The summed E-state index contributed by atoms with van der Waals surface area (Å²) >= 11 is 0. The number of carbonyl (C=O) groups excluding carboxylic acids is 1. The molecule has 1 aromatic carbocycles. The van der Waals surface area contributed by atoms with Gasteiger partial charge in [-0.05, 0) is 61.4 Å². The lowest BCUT2D eigenvalue weighted by Crippen LogP contribution is -2.39. The zero-order valence-corrected chi connectivity index (χ0v) is 15.9. The molecule has 0 saturated heterocycles. The van der Waals surface area contributed by atoms with Crippen LogP contribution in [-0.2, 0) is 23.7 Å². The molecule has 164 valence electrons. The van der Waals surface area contributed by atoms with Gasteiger partial charge in [-0.2, -0.15) is 26.3 Å². The van der Waals surface area contributed by atoms with E-state index >= 15 is 0 Å². The van der Waals surface area contributed by atoms with Crippen LogP contribution in [0, 0.1) is 5.41 Å². The Kier molecular flexibility index (Phi) is 7.07. The molecule has 1 saturated carbocycles. The third-order valence-corrected chi connectivity index (χ3v) is 5.10. The summed E-state index contributed by atoms with van der Waals surface area (Å²) in [5, 5.41) is 5.90. The highest BCUT2D eigenvalue weighted by Gasteiger charge is 2.42. The van der Waals surface area contributed by atoms with Crippen molar-refractivity contribution in [2.75, 3.05) is 6.54 Å². The van der Waals surface area contributed by atoms with Crippen molar-refractivity contribution in [3.05, 3.63) is 57.5 Å². The second kappa shape index (κ2) is 8.99. The fourth-order valence-electron chi connectivity index (χ4n) is 3.62. The Hall–Kier alpha value is -2.68. The number of hydrogen-bond donors (Lipinski definition) is 1. The molecule has 0 bridgehead atoms. The van der Waals surface area contributed by atoms with E-state index in [4.69, 9.17) is 5.53 Å². The van der Waals surface area contributed by atoms with Crippen LogP contribution in [0.15, 0.2) is 35.5 Å². The number of carbonyl (C=O) groups is 1. The maximum Gasteiger partial charge on any atom is 0.416 e. The van der Waals surface area contributed by atoms with E-state index < -0.39 is 41.3 Å². The lowest BCUT2D eigenvalue weighted by atomic mass is 9.80. The Morgan fingerprint density at radius 2 is 1.77 bits per heavy atom. The molecule has 1 unspecified atom stereocenters. The van der Waals surface area contributed by atoms with Crippen LogP contribution in [0.1, 0.15) is 48.8 Å². The number of amides is 1. The summed E-state index contributed by atoms with van der Waals surface area (Å²) in [6.07, 6.45) is -7.69. The van der Waals surface area contributed by atoms with Crippen LogP contribution in [0.4, 0.5) is 26.3 Å². The van der Waals surface area contributed by atoms with Crippen LogP contribution >= 0.6 is 0 Å². The molecule has 5 nitrogen and oxygen atoms in total. The quantitative estimate of drug-likeness (QED) is 0.137. The van der Waals surface area contributed by atoms with Crippen LogP contribution in [0.25, 0.3) is 10.4 Å². The van der Waals surface area contributed by atoms with Crippen molar-refractivity contribution in [2.45, 2.75) is 51.0 Å². The molecule has 0 aromatic heterocycles. The number of allylic oxidation sites excluding steroid dienone is 1. The topological polar surface area (TPSA) is 77.9 Å². The van der Waals surface area contributed by atoms with Gasteiger partial charge in [-0.25, -0.2) is 0 Å². The fourth-order valence-corrected chi connectivity index (χ4v) is 3.62. The monoisotopic (exact) mass is 434 g/mol. The summed E-state index contributed by atoms with van der Waals surface area (Å²) in [4.78, 5) is 15.5. The molecule has 0 spiro atoms. The van der Waals surface area contributed by atoms with E-state index in [1.165, 1.54) is 0 Å². The largest absolute Gasteiger partial charge is 0.416 e. The third kappa shape index (κ3) is 5.91. The molecule has 30 heavy (non-hydrogen) atoms. The first-order valence-electron chi connectivity index (χ1n) is 9.11. The van der Waals surface area contributed by atoms with Crippen molar-refractivity contribution in [3.8, 4) is 0 Å². The first-order valence-corrected chi connectivity index (χ1v) is 9.11. The van der Waals surface area contributed by atoms with E-state index in [1.54, 1.807) is 0 Å². The molecule has 1 aliphatic rings. The molecule has 0 aliphatic heterocycles. The van der Waals surface area contributed by atoms with Gasteiger partial charge in [0.2, 0.25) is 5.91 Å². The minimum Gasteiger partial charge on any atom is -0.352 e. The van der Waals surface area contributed by atoms with Crippen molar-refractivity contribution < 1.29 is 31.1 Å². The predicted molar refractivity (Wildman–Crippen MR) is 97.0 cm³/mol. The molecule has 1 amide bonds. The lowest BCUT2D eigenvalue weighted by molar-refractivity contribution is -0.143. The molecule has 1 fully saturated rings. The van der Waals surface area contributed by atoms with Gasteiger partial charge >= 0.3 is 12.4 Å². The number of nitrogens with zero attached hydrogens (tertiary/aromatic N) is 3. The van der Waals surface area contributed by atoms with Crippen molar-refractivity contribution >= 4 is 5.91 Å².